The van der Waals surface area contributed by atoms with Crippen molar-refractivity contribution in [1.29, 1.82) is 0 Å². The smallest absolute Gasteiger partial charge is 0.304 e. The van der Waals surface area contributed by atoms with Crippen molar-refractivity contribution < 1.29 is 9.90 Å². The maximum Gasteiger partial charge on any atom is 0.304 e. The molecule has 1 fully saturated rings. The first-order valence-corrected chi connectivity index (χ1v) is 7.88. The monoisotopic (exact) mass is 299 g/mol. The van der Waals surface area contributed by atoms with Crippen molar-refractivity contribution >= 4 is 29.3 Å². The number of aliphatic carboxylic acids is 1. The maximum atomic E-state index is 10.9. The Morgan fingerprint density at radius 1 is 1.58 bits per heavy atom. The van der Waals surface area contributed by atoms with Crippen LogP contribution in [-0.4, -0.2) is 40.1 Å². The largest absolute Gasteiger partial charge is 0.481 e. The maximum absolute atomic E-state index is 10.9. The summed E-state index contributed by atoms with van der Waals surface area (Å²) >= 11 is 8.08. The van der Waals surface area contributed by atoms with Gasteiger partial charge in [-0.1, -0.05) is 23.7 Å². The van der Waals surface area contributed by atoms with Crippen LogP contribution in [0.3, 0.4) is 0 Å². The molecular weight excluding hydrogens is 282 g/mol. The first kappa shape index (κ1) is 14.7. The Kier molecular flexibility index (Phi) is 5.13. The summed E-state index contributed by atoms with van der Waals surface area (Å²) in [4.78, 5) is 13.2. The van der Waals surface area contributed by atoms with E-state index < -0.39 is 5.97 Å². The van der Waals surface area contributed by atoms with Gasteiger partial charge >= 0.3 is 5.97 Å². The number of aryl methyl sites for hydroxylation is 1. The molecule has 5 heteroatoms. The predicted molar refractivity (Wildman–Crippen MR) is 80.0 cm³/mol. The molecule has 1 N–H and O–H groups in total. The van der Waals surface area contributed by atoms with Crippen LogP contribution in [0.4, 0.5) is 0 Å². The molecule has 1 aromatic rings. The minimum atomic E-state index is -0.729. The number of carboxylic acid groups (broad SMARTS) is 1. The van der Waals surface area contributed by atoms with Gasteiger partial charge in [0.05, 0.1) is 6.42 Å². The third-order valence-corrected chi connectivity index (χ3v) is 4.79. The van der Waals surface area contributed by atoms with Crippen molar-refractivity contribution in [3.63, 3.8) is 0 Å². The van der Waals surface area contributed by atoms with Gasteiger partial charge in [-0.3, -0.25) is 9.69 Å². The van der Waals surface area contributed by atoms with Crippen molar-refractivity contribution in [3.05, 3.63) is 34.3 Å². The van der Waals surface area contributed by atoms with Crippen molar-refractivity contribution in [1.82, 2.24) is 4.90 Å². The van der Waals surface area contributed by atoms with E-state index in [9.17, 15) is 4.79 Å². The van der Waals surface area contributed by atoms with Crippen molar-refractivity contribution in [2.24, 2.45) is 0 Å². The Balaban J connectivity index is 2.08. The SMILES string of the molecule is Cc1ccc(CN2CCSCC2CC(=O)O)c(Cl)c1. The Hall–Kier alpha value is -0.710. The number of hydrogen-bond donors (Lipinski definition) is 1. The fourth-order valence-electron chi connectivity index (χ4n) is 2.29. The van der Waals surface area contributed by atoms with Crippen LogP contribution < -0.4 is 0 Å². The van der Waals surface area contributed by atoms with Crippen LogP contribution in [-0.2, 0) is 11.3 Å². The quantitative estimate of drug-likeness (QED) is 0.928. The number of nitrogens with zero attached hydrogens (tertiary/aromatic N) is 1. The molecule has 0 saturated carbocycles. The molecule has 1 heterocycles. The van der Waals surface area contributed by atoms with Gasteiger partial charge in [0.2, 0.25) is 0 Å². The number of carboxylic acids is 1. The van der Waals surface area contributed by atoms with Gasteiger partial charge in [0.15, 0.2) is 0 Å². The number of hydrogen-bond acceptors (Lipinski definition) is 3. The molecule has 0 radical (unpaired) electrons. The van der Waals surface area contributed by atoms with Crippen molar-refractivity contribution in [2.45, 2.75) is 25.9 Å². The summed E-state index contributed by atoms with van der Waals surface area (Å²) < 4.78 is 0. The highest BCUT2D eigenvalue weighted by atomic mass is 35.5. The second-order valence-corrected chi connectivity index (χ2v) is 6.45. The number of rotatable bonds is 4. The van der Waals surface area contributed by atoms with Crippen LogP contribution in [0.25, 0.3) is 0 Å². The Morgan fingerprint density at radius 2 is 2.37 bits per heavy atom. The van der Waals surface area contributed by atoms with Gasteiger partial charge in [0, 0.05) is 35.7 Å². The molecule has 0 bridgehead atoms. The molecule has 1 unspecified atom stereocenters. The fraction of sp³-hybridized carbons (Fsp3) is 0.500. The summed E-state index contributed by atoms with van der Waals surface area (Å²) in [5.74, 6) is 1.21. The summed E-state index contributed by atoms with van der Waals surface area (Å²) in [7, 11) is 0. The van der Waals surface area contributed by atoms with Gasteiger partial charge in [-0.05, 0) is 24.1 Å². The van der Waals surface area contributed by atoms with Crippen molar-refractivity contribution in [3.8, 4) is 0 Å². The average molecular weight is 300 g/mol. The van der Waals surface area contributed by atoms with Crippen LogP contribution in [0.2, 0.25) is 5.02 Å². The summed E-state index contributed by atoms with van der Waals surface area (Å²) in [5, 5.41) is 9.75. The van der Waals surface area contributed by atoms with E-state index in [1.165, 1.54) is 0 Å². The molecular formula is C14H18ClNO2S. The molecule has 1 saturated heterocycles. The summed E-state index contributed by atoms with van der Waals surface area (Å²) in [6, 6.07) is 6.15. The Morgan fingerprint density at radius 3 is 3.05 bits per heavy atom. The van der Waals surface area contributed by atoms with Gasteiger partial charge in [-0.25, -0.2) is 0 Å². The molecule has 0 amide bonds. The van der Waals surface area contributed by atoms with E-state index in [1.807, 2.05) is 36.9 Å². The second kappa shape index (κ2) is 6.64. The first-order chi connectivity index (χ1) is 9.06. The standard InChI is InChI=1S/C14H18ClNO2S/c1-10-2-3-11(13(15)6-10)8-16-4-5-19-9-12(16)7-14(17)18/h2-3,6,12H,4-5,7-9H2,1H3,(H,17,18). The minimum Gasteiger partial charge on any atom is -0.481 e. The lowest BCUT2D eigenvalue weighted by Gasteiger charge is -2.34. The van der Waals surface area contributed by atoms with E-state index in [0.29, 0.717) is 0 Å². The minimum absolute atomic E-state index is 0.105. The van der Waals surface area contributed by atoms with Crippen LogP contribution in [0.5, 0.6) is 0 Å². The number of thioether (sulfide) groups is 1. The first-order valence-electron chi connectivity index (χ1n) is 6.35. The van der Waals surface area contributed by atoms with E-state index >= 15 is 0 Å². The Bertz CT molecular complexity index is 467. The highest BCUT2D eigenvalue weighted by Gasteiger charge is 2.25. The van der Waals surface area contributed by atoms with Crippen LogP contribution >= 0.6 is 23.4 Å². The molecule has 0 aliphatic carbocycles. The van der Waals surface area contributed by atoms with Crippen LogP contribution in [0.15, 0.2) is 18.2 Å². The third-order valence-electron chi connectivity index (χ3n) is 3.34. The highest BCUT2D eigenvalue weighted by Crippen LogP contribution is 2.24. The van der Waals surface area contributed by atoms with E-state index in [2.05, 4.69) is 4.90 Å². The van der Waals surface area contributed by atoms with Gasteiger partial charge in [0.1, 0.15) is 0 Å². The van der Waals surface area contributed by atoms with Crippen LogP contribution in [0, 0.1) is 6.92 Å². The Labute approximate surface area is 122 Å². The van der Waals surface area contributed by atoms with Crippen LogP contribution in [0.1, 0.15) is 17.5 Å². The molecule has 3 nitrogen and oxygen atoms in total. The molecule has 104 valence electrons. The second-order valence-electron chi connectivity index (χ2n) is 4.89. The topological polar surface area (TPSA) is 40.5 Å². The molecule has 2 rings (SSSR count). The average Bonchev–Trinajstić information content (AvgIpc) is 2.34. The molecule has 1 aromatic carbocycles. The van der Waals surface area contributed by atoms with E-state index in [4.69, 9.17) is 16.7 Å². The molecule has 1 atom stereocenters. The van der Waals surface area contributed by atoms with Gasteiger partial charge < -0.3 is 5.11 Å². The number of benzene rings is 1. The van der Waals surface area contributed by atoms with E-state index in [-0.39, 0.29) is 12.5 Å². The molecule has 0 spiro atoms. The normalized spacial score (nSPS) is 20.4. The van der Waals surface area contributed by atoms with E-state index in [0.717, 1.165) is 40.7 Å². The van der Waals surface area contributed by atoms with E-state index in [1.54, 1.807) is 0 Å². The lowest BCUT2D eigenvalue weighted by molar-refractivity contribution is -0.138. The summed E-state index contributed by atoms with van der Waals surface area (Å²) in [6.45, 7) is 3.67. The fourth-order valence-corrected chi connectivity index (χ4v) is 3.71. The van der Waals surface area contributed by atoms with Gasteiger partial charge in [0.25, 0.3) is 0 Å². The zero-order chi connectivity index (χ0) is 13.8. The summed E-state index contributed by atoms with van der Waals surface area (Å²) in [6.07, 6.45) is 0.205. The van der Waals surface area contributed by atoms with Gasteiger partial charge in [-0.15, -0.1) is 0 Å². The lowest BCUT2D eigenvalue weighted by atomic mass is 10.1. The third kappa shape index (κ3) is 4.13. The predicted octanol–water partition coefficient (Wildman–Crippen LogP) is 3.04. The lowest BCUT2D eigenvalue weighted by Crippen LogP contribution is -2.43. The van der Waals surface area contributed by atoms with Crippen molar-refractivity contribution in [2.75, 3.05) is 18.1 Å². The van der Waals surface area contributed by atoms with Gasteiger partial charge in [-0.2, -0.15) is 11.8 Å². The molecule has 19 heavy (non-hydrogen) atoms. The zero-order valence-electron chi connectivity index (χ0n) is 10.9. The number of carbonyl (C=O) groups is 1. The summed E-state index contributed by atoms with van der Waals surface area (Å²) in [5.41, 5.74) is 2.22. The zero-order valence-corrected chi connectivity index (χ0v) is 12.5. The number of halogens is 1. The highest BCUT2D eigenvalue weighted by molar-refractivity contribution is 7.99. The molecule has 0 aromatic heterocycles. The molecule has 1 aliphatic heterocycles. The molecule has 1 aliphatic rings.